The van der Waals surface area contributed by atoms with Crippen molar-refractivity contribution in [3.05, 3.63) is 46.8 Å². The second kappa shape index (κ2) is 6.57. The first-order valence-electron chi connectivity index (χ1n) is 6.92. The first-order valence-corrected chi connectivity index (χ1v) is 6.92. The highest BCUT2D eigenvalue weighted by Crippen LogP contribution is 2.25. The molecule has 4 nitrogen and oxygen atoms in total. The minimum Gasteiger partial charge on any atom is -0.485 e. The van der Waals surface area contributed by atoms with Crippen LogP contribution in [-0.2, 0) is 13.2 Å². The summed E-state index contributed by atoms with van der Waals surface area (Å²) in [7, 11) is 1.88. The maximum atomic E-state index is 5.85. The lowest BCUT2D eigenvalue weighted by Gasteiger charge is -2.11. The third-order valence-corrected chi connectivity index (χ3v) is 3.21. The molecule has 0 atom stereocenters. The zero-order valence-electron chi connectivity index (χ0n) is 12.6. The highest BCUT2D eigenvalue weighted by atomic mass is 16.5. The van der Waals surface area contributed by atoms with E-state index in [1.54, 1.807) is 0 Å². The molecular formula is C16H22N2O2. The van der Waals surface area contributed by atoms with Crippen molar-refractivity contribution in [2.45, 2.75) is 39.8 Å². The van der Waals surface area contributed by atoms with E-state index < -0.39 is 0 Å². The van der Waals surface area contributed by atoms with Gasteiger partial charge in [0.25, 0.3) is 0 Å². The van der Waals surface area contributed by atoms with E-state index in [0.29, 0.717) is 19.1 Å². The van der Waals surface area contributed by atoms with Crippen LogP contribution in [0.4, 0.5) is 0 Å². The molecular weight excluding hydrogens is 252 g/mol. The molecule has 0 radical (unpaired) electrons. The Morgan fingerprint density at radius 1 is 1.30 bits per heavy atom. The van der Waals surface area contributed by atoms with E-state index in [1.165, 1.54) is 5.56 Å². The number of ether oxygens (including phenoxy) is 1. The summed E-state index contributed by atoms with van der Waals surface area (Å²) in [5, 5.41) is 7.01. The molecule has 20 heavy (non-hydrogen) atoms. The number of aryl methyl sites for hydroxylation is 1. The molecule has 0 unspecified atom stereocenters. The normalized spacial score (nSPS) is 11.1. The van der Waals surface area contributed by atoms with E-state index in [9.17, 15) is 0 Å². The number of hydrogen-bond acceptors (Lipinski definition) is 4. The Hall–Kier alpha value is -1.81. The van der Waals surface area contributed by atoms with Gasteiger partial charge in [-0.05, 0) is 37.1 Å². The second-order valence-electron chi connectivity index (χ2n) is 5.28. The summed E-state index contributed by atoms with van der Waals surface area (Å²) < 4.78 is 11.1. The molecule has 0 aliphatic rings. The first-order chi connectivity index (χ1) is 9.60. The number of benzene rings is 1. The van der Waals surface area contributed by atoms with Gasteiger partial charge in [-0.25, -0.2) is 0 Å². The molecule has 4 heteroatoms. The van der Waals surface area contributed by atoms with Crippen LogP contribution in [-0.4, -0.2) is 12.2 Å². The predicted molar refractivity (Wildman–Crippen MR) is 78.9 cm³/mol. The second-order valence-corrected chi connectivity index (χ2v) is 5.28. The third kappa shape index (κ3) is 3.61. The molecule has 1 N–H and O–H groups in total. The smallest absolute Gasteiger partial charge is 0.174 e. The van der Waals surface area contributed by atoms with Gasteiger partial charge in [0.05, 0.1) is 5.69 Å². The van der Waals surface area contributed by atoms with E-state index in [4.69, 9.17) is 9.26 Å². The Labute approximate surface area is 120 Å². The molecule has 0 amide bonds. The van der Waals surface area contributed by atoms with Crippen LogP contribution in [0.2, 0.25) is 0 Å². The highest BCUT2D eigenvalue weighted by molar-refractivity contribution is 5.37. The SMILES string of the molecule is CNCc1cc(COc2cc(C(C)C)ccc2C)on1. The van der Waals surface area contributed by atoms with E-state index in [2.05, 4.69) is 42.5 Å². The molecule has 1 heterocycles. The van der Waals surface area contributed by atoms with Crippen LogP contribution < -0.4 is 10.1 Å². The summed E-state index contributed by atoms with van der Waals surface area (Å²) in [5.74, 6) is 2.14. The van der Waals surface area contributed by atoms with E-state index in [0.717, 1.165) is 22.8 Å². The zero-order valence-corrected chi connectivity index (χ0v) is 12.6. The molecule has 0 saturated heterocycles. The van der Waals surface area contributed by atoms with Gasteiger partial charge in [0.1, 0.15) is 12.4 Å². The lowest BCUT2D eigenvalue weighted by Crippen LogP contribution is -2.04. The average Bonchev–Trinajstić information content (AvgIpc) is 2.86. The summed E-state index contributed by atoms with van der Waals surface area (Å²) in [6.45, 7) is 7.50. The van der Waals surface area contributed by atoms with Crippen molar-refractivity contribution in [2.75, 3.05) is 7.05 Å². The van der Waals surface area contributed by atoms with Crippen LogP contribution >= 0.6 is 0 Å². The van der Waals surface area contributed by atoms with Crippen LogP contribution in [0.5, 0.6) is 5.75 Å². The molecule has 0 aliphatic heterocycles. The molecule has 0 aliphatic carbocycles. The molecule has 2 rings (SSSR count). The molecule has 0 bridgehead atoms. The molecule has 1 aromatic heterocycles. The third-order valence-electron chi connectivity index (χ3n) is 3.21. The van der Waals surface area contributed by atoms with Crippen molar-refractivity contribution >= 4 is 0 Å². The van der Waals surface area contributed by atoms with Gasteiger partial charge in [-0.3, -0.25) is 0 Å². The van der Waals surface area contributed by atoms with Crippen LogP contribution in [0.25, 0.3) is 0 Å². The van der Waals surface area contributed by atoms with Gasteiger partial charge in [-0.2, -0.15) is 0 Å². The molecule has 108 valence electrons. The minimum atomic E-state index is 0.402. The molecule has 2 aromatic rings. The number of aromatic nitrogens is 1. The minimum absolute atomic E-state index is 0.402. The molecule has 0 saturated carbocycles. The van der Waals surface area contributed by atoms with Crippen LogP contribution in [0.3, 0.4) is 0 Å². The van der Waals surface area contributed by atoms with Gasteiger partial charge in [-0.1, -0.05) is 31.1 Å². The quantitative estimate of drug-likeness (QED) is 0.877. The number of nitrogens with zero attached hydrogens (tertiary/aromatic N) is 1. The number of rotatable bonds is 6. The first kappa shape index (κ1) is 14.6. The van der Waals surface area contributed by atoms with Gasteiger partial charge in [0.2, 0.25) is 0 Å². The standard InChI is InChI=1S/C16H22N2O2/c1-11(2)13-6-5-12(3)16(7-13)19-10-15-8-14(9-17-4)18-20-15/h5-8,11,17H,9-10H2,1-4H3. The van der Waals surface area contributed by atoms with E-state index in [-0.39, 0.29) is 0 Å². The molecule has 1 aromatic carbocycles. The Balaban J connectivity index is 2.04. The Morgan fingerprint density at radius 3 is 2.80 bits per heavy atom. The van der Waals surface area contributed by atoms with Crippen LogP contribution in [0, 0.1) is 6.92 Å². The highest BCUT2D eigenvalue weighted by Gasteiger charge is 2.08. The zero-order chi connectivity index (χ0) is 14.5. The summed E-state index contributed by atoms with van der Waals surface area (Å²) >= 11 is 0. The van der Waals surface area contributed by atoms with Crippen LogP contribution in [0.1, 0.15) is 42.3 Å². The lowest BCUT2D eigenvalue weighted by molar-refractivity contribution is 0.247. The largest absolute Gasteiger partial charge is 0.485 e. The summed E-state index contributed by atoms with van der Waals surface area (Å²) in [6.07, 6.45) is 0. The molecule has 0 fully saturated rings. The van der Waals surface area contributed by atoms with Gasteiger partial charge < -0.3 is 14.6 Å². The van der Waals surface area contributed by atoms with Crippen molar-refractivity contribution in [3.8, 4) is 5.75 Å². The van der Waals surface area contributed by atoms with Gasteiger partial charge in [-0.15, -0.1) is 0 Å². The van der Waals surface area contributed by atoms with Crippen molar-refractivity contribution in [1.29, 1.82) is 0 Å². The summed E-state index contributed by atoms with van der Waals surface area (Å²) in [6, 6.07) is 8.26. The fourth-order valence-corrected chi connectivity index (χ4v) is 1.97. The summed E-state index contributed by atoms with van der Waals surface area (Å²) in [5.41, 5.74) is 3.29. The van der Waals surface area contributed by atoms with Gasteiger partial charge in [0.15, 0.2) is 5.76 Å². The van der Waals surface area contributed by atoms with E-state index in [1.807, 2.05) is 20.0 Å². The van der Waals surface area contributed by atoms with Crippen molar-refractivity contribution in [1.82, 2.24) is 10.5 Å². The fraction of sp³-hybridized carbons (Fsp3) is 0.438. The van der Waals surface area contributed by atoms with E-state index >= 15 is 0 Å². The Kier molecular flexibility index (Phi) is 4.79. The van der Waals surface area contributed by atoms with Crippen molar-refractivity contribution < 1.29 is 9.26 Å². The van der Waals surface area contributed by atoms with Crippen molar-refractivity contribution in [3.63, 3.8) is 0 Å². The maximum Gasteiger partial charge on any atom is 0.174 e. The van der Waals surface area contributed by atoms with Crippen molar-refractivity contribution in [2.24, 2.45) is 0 Å². The lowest BCUT2D eigenvalue weighted by atomic mass is 10.0. The van der Waals surface area contributed by atoms with Crippen LogP contribution in [0.15, 0.2) is 28.8 Å². The Bertz CT molecular complexity index is 561. The van der Waals surface area contributed by atoms with Gasteiger partial charge in [0, 0.05) is 12.6 Å². The van der Waals surface area contributed by atoms with Gasteiger partial charge >= 0.3 is 0 Å². The number of hydrogen-bond donors (Lipinski definition) is 1. The average molecular weight is 274 g/mol. The Morgan fingerprint density at radius 2 is 2.10 bits per heavy atom. The fourth-order valence-electron chi connectivity index (χ4n) is 1.97. The molecule has 0 spiro atoms. The topological polar surface area (TPSA) is 47.3 Å². The summed E-state index contributed by atoms with van der Waals surface area (Å²) in [4.78, 5) is 0. The number of nitrogens with one attached hydrogen (secondary N) is 1. The monoisotopic (exact) mass is 274 g/mol. The maximum absolute atomic E-state index is 5.85. The predicted octanol–water partition coefficient (Wildman–Crippen LogP) is 3.40.